The lowest BCUT2D eigenvalue weighted by molar-refractivity contribution is -0.130. The summed E-state index contributed by atoms with van der Waals surface area (Å²) in [6, 6.07) is -0.385. The lowest BCUT2D eigenvalue weighted by Crippen LogP contribution is -2.40. The van der Waals surface area contributed by atoms with Gasteiger partial charge in [0.1, 0.15) is 6.10 Å². The SMILES string of the molecule is [N-]=[N+]=N[C@H]1C[C@H](O)[C@@H]2CO[C@H]1O2. The number of ether oxygens (including phenoxy) is 2. The van der Waals surface area contributed by atoms with Crippen molar-refractivity contribution in [3.63, 3.8) is 0 Å². The minimum absolute atomic E-state index is 0.236. The zero-order valence-corrected chi connectivity index (χ0v) is 6.33. The van der Waals surface area contributed by atoms with E-state index in [1.54, 1.807) is 0 Å². The van der Waals surface area contributed by atoms with E-state index in [-0.39, 0.29) is 12.1 Å². The van der Waals surface area contributed by atoms with E-state index < -0.39 is 12.4 Å². The maximum atomic E-state index is 9.40. The molecule has 0 aromatic rings. The molecule has 0 aromatic heterocycles. The van der Waals surface area contributed by atoms with Crippen molar-refractivity contribution >= 4 is 0 Å². The number of azide groups is 1. The van der Waals surface area contributed by atoms with E-state index >= 15 is 0 Å². The molecule has 12 heavy (non-hydrogen) atoms. The van der Waals surface area contributed by atoms with Gasteiger partial charge >= 0.3 is 0 Å². The van der Waals surface area contributed by atoms with Gasteiger partial charge in [-0.25, -0.2) is 0 Å². The third kappa shape index (κ3) is 1.15. The predicted molar refractivity (Wildman–Crippen MR) is 38.2 cm³/mol. The summed E-state index contributed by atoms with van der Waals surface area (Å²) < 4.78 is 10.4. The largest absolute Gasteiger partial charge is 0.390 e. The first kappa shape index (κ1) is 7.82. The third-order valence-corrected chi connectivity index (χ3v) is 2.16. The average molecular weight is 171 g/mol. The second-order valence-corrected chi connectivity index (χ2v) is 2.95. The molecule has 0 amide bonds. The summed E-state index contributed by atoms with van der Waals surface area (Å²) in [4.78, 5) is 2.66. The number of aliphatic hydroxyl groups excluding tert-OH is 1. The van der Waals surface area contributed by atoms with E-state index in [4.69, 9.17) is 15.0 Å². The number of nitrogens with zero attached hydrogens (tertiary/aromatic N) is 3. The minimum atomic E-state index is -0.570. The molecular weight excluding hydrogens is 162 g/mol. The lowest BCUT2D eigenvalue weighted by atomic mass is 10.0. The average Bonchev–Trinajstić information content (AvgIpc) is 2.46. The molecule has 0 spiro atoms. The first-order valence-corrected chi connectivity index (χ1v) is 3.80. The quantitative estimate of drug-likeness (QED) is 0.346. The van der Waals surface area contributed by atoms with Crippen LogP contribution in [0.2, 0.25) is 0 Å². The molecule has 2 fully saturated rings. The highest BCUT2D eigenvalue weighted by molar-refractivity contribution is 4.89. The van der Waals surface area contributed by atoms with Crippen molar-refractivity contribution in [1.82, 2.24) is 0 Å². The Labute approximate surface area is 68.7 Å². The Morgan fingerprint density at radius 2 is 2.42 bits per heavy atom. The summed E-state index contributed by atoms with van der Waals surface area (Å²) in [6.45, 7) is 0.392. The van der Waals surface area contributed by atoms with E-state index in [9.17, 15) is 5.11 Å². The Kier molecular flexibility index (Phi) is 1.90. The van der Waals surface area contributed by atoms with Crippen molar-refractivity contribution in [2.75, 3.05) is 6.61 Å². The zero-order chi connectivity index (χ0) is 8.55. The van der Waals surface area contributed by atoms with Crippen LogP contribution < -0.4 is 0 Å². The Morgan fingerprint density at radius 3 is 3.17 bits per heavy atom. The van der Waals surface area contributed by atoms with Crippen molar-refractivity contribution in [1.29, 1.82) is 0 Å². The van der Waals surface area contributed by atoms with Crippen LogP contribution in [0.15, 0.2) is 5.11 Å². The van der Waals surface area contributed by atoms with Crippen molar-refractivity contribution < 1.29 is 14.6 Å². The van der Waals surface area contributed by atoms with Gasteiger partial charge in [0, 0.05) is 4.91 Å². The molecule has 2 bridgehead atoms. The van der Waals surface area contributed by atoms with Gasteiger partial charge in [-0.1, -0.05) is 5.11 Å². The fraction of sp³-hybridized carbons (Fsp3) is 1.00. The normalized spacial score (nSPS) is 45.4. The molecule has 6 nitrogen and oxygen atoms in total. The number of rotatable bonds is 1. The van der Waals surface area contributed by atoms with Crippen LogP contribution in [0, 0.1) is 0 Å². The smallest absolute Gasteiger partial charge is 0.166 e. The predicted octanol–water partition coefficient (Wildman–Crippen LogP) is 0.171. The highest BCUT2D eigenvalue weighted by Crippen LogP contribution is 2.29. The van der Waals surface area contributed by atoms with Crippen molar-refractivity contribution in [3.8, 4) is 0 Å². The van der Waals surface area contributed by atoms with Gasteiger partial charge in [0.2, 0.25) is 0 Å². The van der Waals surface area contributed by atoms with Crippen LogP contribution in [0.1, 0.15) is 6.42 Å². The Morgan fingerprint density at radius 1 is 1.58 bits per heavy atom. The van der Waals surface area contributed by atoms with E-state index in [0.29, 0.717) is 13.0 Å². The van der Waals surface area contributed by atoms with Crippen molar-refractivity contribution in [3.05, 3.63) is 10.4 Å². The maximum Gasteiger partial charge on any atom is 0.166 e. The summed E-state index contributed by atoms with van der Waals surface area (Å²) in [6.07, 6.45) is -0.826. The molecule has 1 N–H and O–H groups in total. The highest BCUT2D eigenvalue weighted by Gasteiger charge is 2.42. The van der Waals surface area contributed by atoms with Gasteiger partial charge in [0.25, 0.3) is 0 Å². The molecule has 66 valence electrons. The molecule has 2 aliphatic rings. The summed E-state index contributed by atoms with van der Waals surface area (Å²) >= 11 is 0. The number of aliphatic hydroxyl groups is 1. The van der Waals surface area contributed by atoms with E-state index in [1.165, 1.54) is 0 Å². The summed E-state index contributed by atoms with van der Waals surface area (Å²) in [5.41, 5.74) is 8.20. The van der Waals surface area contributed by atoms with Crippen LogP contribution in [0.3, 0.4) is 0 Å². The molecule has 6 heteroatoms. The number of hydrogen-bond donors (Lipinski definition) is 1. The van der Waals surface area contributed by atoms with Crippen LogP contribution in [0.5, 0.6) is 0 Å². The number of hydrogen-bond acceptors (Lipinski definition) is 4. The van der Waals surface area contributed by atoms with Crippen LogP contribution in [-0.4, -0.2) is 36.3 Å². The van der Waals surface area contributed by atoms with Gasteiger partial charge in [-0.15, -0.1) is 0 Å². The summed E-state index contributed by atoms with van der Waals surface area (Å²) in [5, 5.41) is 12.9. The molecule has 0 radical (unpaired) electrons. The zero-order valence-electron chi connectivity index (χ0n) is 6.33. The van der Waals surface area contributed by atoms with E-state index in [0.717, 1.165) is 0 Å². The van der Waals surface area contributed by atoms with Gasteiger partial charge in [-0.2, -0.15) is 0 Å². The van der Waals surface area contributed by atoms with Crippen LogP contribution in [0.25, 0.3) is 10.4 Å². The fourth-order valence-electron chi connectivity index (χ4n) is 1.52. The van der Waals surface area contributed by atoms with E-state index in [2.05, 4.69) is 10.0 Å². The van der Waals surface area contributed by atoms with Crippen LogP contribution >= 0.6 is 0 Å². The van der Waals surface area contributed by atoms with Crippen molar-refractivity contribution in [2.24, 2.45) is 5.11 Å². The molecule has 2 rings (SSSR count). The van der Waals surface area contributed by atoms with Gasteiger partial charge in [-0.05, 0) is 12.0 Å². The molecule has 2 heterocycles. The molecule has 0 saturated carbocycles. The first-order valence-electron chi connectivity index (χ1n) is 3.80. The maximum absolute atomic E-state index is 9.40. The summed E-state index contributed by atoms with van der Waals surface area (Å²) in [7, 11) is 0. The first-order chi connectivity index (χ1) is 5.81. The minimum Gasteiger partial charge on any atom is -0.390 e. The second-order valence-electron chi connectivity index (χ2n) is 2.95. The fourth-order valence-corrected chi connectivity index (χ4v) is 1.52. The molecule has 2 aliphatic heterocycles. The molecule has 2 saturated heterocycles. The molecule has 0 aliphatic carbocycles. The third-order valence-electron chi connectivity index (χ3n) is 2.16. The van der Waals surface area contributed by atoms with Crippen molar-refractivity contribution in [2.45, 2.75) is 31.0 Å². The van der Waals surface area contributed by atoms with Gasteiger partial charge in [0.15, 0.2) is 6.29 Å². The Bertz CT molecular complexity index is 228. The standard InChI is InChI=1S/C6H9N3O3/c7-9-8-3-1-4(10)5-2-11-6(3)12-5/h3-6,10H,1-2H2/t3-,4-,5-,6-/m0/s1. The molecule has 4 atom stereocenters. The molecular formula is C6H9N3O3. The van der Waals surface area contributed by atoms with Crippen LogP contribution in [-0.2, 0) is 9.47 Å². The van der Waals surface area contributed by atoms with Gasteiger partial charge < -0.3 is 14.6 Å². The summed E-state index contributed by atoms with van der Waals surface area (Å²) in [5.74, 6) is 0. The van der Waals surface area contributed by atoms with E-state index in [1.807, 2.05) is 0 Å². The lowest BCUT2D eigenvalue weighted by Gasteiger charge is -2.27. The highest BCUT2D eigenvalue weighted by atomic mass is 16.7. The second kappa shape index (κ2) is 2.91. The van der Waals surface area contributed by atoms with Gasteiger partial charge in [-0.3, -0.25) is 0 Å². The topological polar surface area (TPSA) is 87.5 Å². The Hall–Kier alpha value is -0.810. The Balaban J connectivity index is 2.11. The van der Waals surface area contributed by atoms with Crippen LogP contribution in [0.4, 0.5) is 0 Å². The molecule has 0 unspecified atom stereocenters. The monoisotopic (exact) mass is 171 g/mol. The number of fused-ring (bicyclic) bond motifs is 2. The molecule has 0 aromatic carbocycles. The van der Waals surface area contributed by atoms with Gasteiger partial charge in [0.05, 0.1) is 18.8 Å².